The van der Waals surface area contributed by atoms with Crippen molar-refractivity contribution in [2.24, 2.45) is 0 Å². The van der Waals surface area contributed by atoms with Gasteiger partial charge >= 0.3 is 0 Å². The quantitative estimate of drug-likeness (QED) is 0.800. The molecule has 3 aromatic rings. The summed E-state index contributed by atoms with van der Waals surface area (Å²) in [5.41, 5.74) is 0.740. The monoisotopic (exact) mass is 307 g/mol. The molecule has 1 N–H and O–H groups in total. The molecular weight excluding hydrogens is 301 g/mol. The van der Waals surface area contributed by atoms with E-state index in [4.69, 9.17) is 23.2 Å². The van der Waals surface area contributed by atoms with Crippen LogP contribution < -0.4 is 5.32 Å². The third-order valence-electron chi connectivity index (χ3n) is 2.30. The second-order valence-corrected chi connectivity index (χ2v) is 4.48. The lowest BCUT2D eigenvalue weighted by Gasteiger charge is -2.06. The zero-order valence-electron chi connectivity index (χ0n) is 9.90. The highest BCUT2D eigenvalue weighted by atomic mass is 35.5. The molecule has 0 fully saturated rings. The van der Waals surface area contributed by atoms with Crippen molar-refractivity contribution in [2.45, 2.75) is 0 Å². The number of rotatable bonds is 3. The molecule has 0 aliphatic heterocycles. The summed E-state index contributed by atoms with van der Waals surface area (Å²) in [4.78, 5) is 16.0. The van der Waals surface area contributed by atoms with Crippen LogP contribution in [-0.4, -0.2) is 29.7 Å². The highest BCUT2D eigenvalue weighted by molar-refractivity contribution is 6.30. The fourth-order valence-corrected chi connectivity index (χ4v) is 1.85. The SMILES string of the molecule is Clc1cccc(Nc2nc(Cl)nc(-n3cncn3)n2)c1. The van der Waals surface area contributed by atoms with Gasteiger partial charge in [0.15, 0.2) is 0 Å². The first-order valence-electron chi connectivity index (χ1n) is 5.50. The molecule has 7 nitrogen and oxygen atoms in total. The first-order chi connectivity index (χ1) is 9.70. The lowest BCUT2D eigenvalue weighted by atomic mass is 10.3. The molecule has 0 aliphatic rings. The molecule has 2 aromatic heterocycles. The van der Waals surface area contributed by atoms with E-state index in [2.05, 4.69) is 30.4 Å². The van der Waals surface area contributed by atoms with Crippen LogP contribution in [0.4, 0.5) is 11.6 Å². The Hall–Kier alpha value is -2.25. The Balaban J connectivity index is 1.94. The minimum Gasteiger partial charge on any atom is -0.324 e. The lowest BCUT2D eigenvalue weighted by Crippen LogP contribution is -2.06. The maximum atomic E-state index is 5.91. The first-order valence-corrected chi connectivity index (χ1v) is 6.25. The fraction of sp³-hybridized carbons (Fsp3) is 0. The maximum Gasteiger partial charge on any atom is 0.258 e. The van der Waals surface area contributed by atoms with Crippen molar-refractivity contribution >= 4 is 34.8 Å². The minimum absolute atomic E-state index is 0.0510. The molecule has 1 aromatic carbocycles. The molecule has 20 heavy (non-hydrogen) atoms. The number of hydrogen-bond donors (Lipinski definition) is 1. The van der Waals surface area contributed by atoms with Gasteiger partial charge in [-0.15, -0.1) is 0 Å². The van der Waals surface area contributed by atoms with Gasteiger partial charge in [-0.2, -0.15) is 24.7 Å². The predicted octanol–water partition coefficient (Wildman–Crippen LogP) is 2.50. The molecule has 0 saturated heterocycles. The van der Waals surface area contributed by atoms with E-state index in [9.17, 15) is 0 Å². The van der Waals surface area contributed by atoms with Crippen molar-refractivity contribution in [1.82, 2.24) is 29.7 Å². The highest BCUT2D eigenvalue weighted by Crippen LogP contribution is 2.19. The number of nitrogens with zero attached hydrogens (tertiary/aromatic N) is 6. The van der Waals surface area contributed by atoms with Crippen LogP contribution in [0, 0.1) is 0 Å². The number of aromatic nitrogens is 6. The van der Waals surface area contributed by atoms with E-state index in [0.717, 1.165) is 5.69 Å². The zero-order chi connectivity index (χ0) is 13.9. The van der Waals surface area contributed by atoms with Crippen LogP contribution in [0.3, 0.4) is 0 Å². The first kappa shape index (κ1) is 12.8. The van der Waals surface area contributed by atoms with Crippen LogP contribution in [0.25, 0.3) is 5.95 Å². The van der Waals surface area contributed by atoms with Crippen molar-refractivity contribution in [3.63, 3.8) is 0 Å². The Bertz CT molecular complexity index is 729. The molecule has 0 atom stereocenters. The van der Waals surface area contributed by atoms with Crippen molar-refractivity contribution in [2.75, 3.05) is 5.32 Å². The van der Waals surface area contributed by atoms with Gasteiger partial charge in [0.2, 0.25) is 11.2 Å². The van der Waals surface area contributed by atoms with Crippen molar-refractivity contribution in [1.29, 1.82) is 0 Å². The lowest BCUT2D eigenvalue weighted by molar-refractivity contribution is 0.796. The summed E-state index contributed by atoms with van der Waals surface area (Å²) in [6.45, 7) is 0. The van der Waals surface area contributed by atoms with Gasteiger partial charge in [0.1, 0.15) is 12.7 Å². The van der Waals surface area contributed by atoms with Crippen LogP contribution >= 0.6 is 23.2 Å². The summed E-state index contributed by atoms with van der Waals surface area (Å²) in [6.07, 6.45) is 2.84. The van der Waals surface area contributed by atoms with Gasteiger partial charge in [-0.3, -0.25) is 0 Å². The van der Waals surface area contributed by atoms with E-state index in [1.807, 2.05) is 12.1 Å². The molecule has 3 rings (SSSR count). The number of nitrogens with one attached hydrogen (secondary N) is 1. The third kappa shape index (κ3) is 2.84. The summed E-state index contributed by atoms with van der Waals surface area (Å²) in [5, 5.41) is 7.58. The average molecular weight is 308 g/mol. The molecule has 0 bridgehead atoms. The number of benzene rings is 1. The third-order valence-corrected chi connectivity index (χ3v) is 2.70. The van der Waals surface area contributed by atoms with Gasteiger partial charge in [0.25, 0.3) is 5.95 Å². The summed E-state index contributed by atoms with van der Waals surface area (Å²) >= 11 is 11.8. The van der Waals surface area contributed by atoms with Crippen molar-refractivity contribution in [3.8, 4) is 5.95 Å². The number of hydrogen-bond acceptors (Lipinski definition) is 6. The van der Waals surface area contributed by atoms with E-state index in [0.29, 0.717) is 5.02 Å². The van der Waals surface area contributed by atoms with Crippen LogP contribution in [0.5, 0.6) is 0 Å². The molecule has 100 valence electrons. The second kappa shape index (κ2) is 5.40. The van der Waals surface area contributed by atoms with Gasteiger partial charge in [0.05, 0.1) is 0 Å². The zero-order valence-corrected chi connectivity index (χ0v) is 11.4. The molecule has 0 spiro atoms. The summed E-state index contributed by atoms with van der Waals surface area (Å²) in [6, 6.07) is 7.16. The average Bonchev–Trinajstić information content (AvgIpc) is 2.91. The van der Waals surface area contributed by atoms with Gasteiger partial charge in [-0.1, -0.05) is 17.7 Å². The van der Waals surface area contributed by atoms with Gasteiger partial charge < -0.3 is 5.32 Å². The predicted molar refractivity (Wildman–Crippen MR) is 74.5 cm³/mol. The Labute approximate surface area is 123 Å². The van der Waals surface area contributed by atoms with Crippen LogP contribution in [0.15, 0.2) is 36.9 Å². The Kier molecular flexibility index (Phi) is 3.44. The fourth-order valence-electron chi connectivity index (χ4n) is 1.50. The smallest absolute Gasteiger partial charge is 0.258 e. The normalized spacial score (nSPS) is 10.5. The summed E-state index contributed by atoms with van der Waals surface area (Å²) in [7, 11) is 0. The summed E-state index contributed by atoms with van der Waals surface area (Å²) in [5.74, 6) is 0.560. The molecule has 0 amide bonds. The minimum atomic E-state index is 0.0510. The standard InChI is InChI=1S/C11H7Cl2N7/c12-7-2-1-3-8(4-7)16-10-17-9(13)18-11(19-10)20-6-14-5-15-20/h1-6H,(H,16,17,18,19). The topological polar surface area (TPSA) is 81.4 Å². The largest absolute Gasteiger partial charge is 0.324 e. The van der Waals surface area contributed by atoms with Crippen LogP contribution in [0.2, 0.25) is 10.3 Å². The Morgan fingerprint density at radius 1 is 1.10 bits per heavy atom. The Morgan fingerprint density at radius 2 is 2.00 bits per heavy atom. The van der Waals surface area contributed by atoms with E-state index >= 15 is 0 Å². The summed E-state index contributed by atoms with van der Waals surface area (Å²) < 4.78 is 1.39. The molecule has 0 unspecified atom stereocenters. The van der Waals surface area contributed by atoms with E-state index < -0.39 is 0 Å². The van der Waals surface area contributed by atoms with E-state index in [-0.39, 0.29) is 17.2 Å². The van der Waals surface area contributed by atoms with Gasteiger partial charge in [-0.25, -0.2) is 4.98 Å². The van der Waals surface area contributed by atoms with Gasteiger partial charge in [0, 0.05) is 10.7 Å². The molecular formula is C11H7Cl2N7. The molecule has 2 heterocycles. The van der Waals surface area contributed by atoms with Crippen LogP contribution in [0.1, 0.15) is 0 Å². The number of halogens is 2. The van der Waals surface area contributed by atoms with Crippen molar-refractivity contribution in [3.05, 3.63) is 47.2 Å². The molecule has 0 saturated carbocycles. The highest BCUT2D eigenvalue weighted by Gasteiger charge is 2.08. The van der Waals surface area contributed by atoms with E-state index in [1.165, 1.54) is 17.3 Å². The van der Waals surface area contributed by atoms with Crippen LogP contribution in [-0.2, 0) is 0 Å². The number of anilines is 2. The molecule has 0 aliphatic carbocycles. The van der Waals surface area contributed by atoms with Crippen molar-refractivity contribution < 1.29 is 0 Å². The Morgan fingerprint density at radius 3 is 2.75 bits per heavy atom. The molecule has 0 radical (unpaired) electrons. The second-order valence-electron chi connectivity index (χ2n) is 3.70. The van der Waals surface area contributed by atoms with Gasteiger partial charge in [-0.05, 0) is 29.8 Å². The van der Waals surface area contributed by atoms with E-state index in [1.54, 1.807) is 12.1 Å². The maximum absolute atomic E-state index is 5.91. The molecule has 9 heteroatoms.